The van der Waals surface area contributed by atoms with Crippen molar-refractivity contribution in [3.63, 3.8) is 0 Å². The monoisotopic (exact) mass is 835 g/mol. The smallest absolute Gasteiger partial charge is 0.306 e. The van der Waals surface area contributed by atoms with Crippen LogP contribution in [-0.4, -0.2) is 37.2 Å². The molecule has 6 nitrogen and oxygen atoms in total. The van der Waals surface area contributed by atoms with Gasteiger partial charge in [-0.2, -0.15) is 0 Å². The fourth-order valence-electron chi connectivity index (χ4n) is 8.01. The first-order valence-electron chi connectivity index (χ1n) is 26.4. The Morgan fingerprint density at radius 2 is 0.593 bits per heavy atom. The van der Waals surface area contributed by atoms with Crippen LogP contribution in [0.5, 0.6) is 0 Å². The molecule has 0 saturated carbocycles. The molecule has 0 spiro atoms. The van der Waals surface area contributed by atoms with Crippen LogP contribution in [0.4, 0.5) is 0 Å². The molecule has 0 heterocycles. The summed E-state index contributed by atoms with van der Waals surface area (Å²) < 4.78 is 16.7. The van der Waals surface area contributed by atoms with Gasteiger partial charge in [0.15, 0.2) is 6.10 Å². The summed E-state index contributed by atoms with van der Waals surface area (Å²) in [6.07, 6.45) is 49.8. The zero-order valence-electron chi connectivity index (χ0n) is 40.2. The number of hydrogen-bond acceptors (Lipinski definition) is 6. The minimum absolute atomic E-state index is 0.0637. The van der Waals surface area contributed by atoms with Crippen LogP contribution in [0.3, 0.4) is 0 Å². The van der Waals surface area contributed by atoms with Crippen molar-refractivity contribution in [2.45, 2.75) is 303 Å². The molecule has 0 aliphatic rings. The van der Waals surface area contributed by atoms with E-state index in [2.05, 4.69) is 27.7 Å². The third-order valence-corrected chi connectivity index (χ3v) is 12.4. The van der Waals surface area contributed by atoms with Crippen LogP contribution in [0.25, 0.3) is 0 Å². The molecular weight excluding hydrogens is 733 g/mol. The minimum atomic E-state index is -0.758. The number of unbranched alkanes of at least 4 members (excludes halogenated alkanes) is 34. The molecular formula is C53H102O6. The molecule has 0 aromatic carbocycles. The van der Waals surface area contributed by atoms with E-state index in [-0.39, 0.29) is 31.1 Å². The van der Waals surface area contributed by atoms with Gasteiger partial charge in [-0.05, 0) is 25.2 Å². The summed E-state index contributed by atoms with van der Waals surface area (Å²) in [5, 5.41) is 0. The van der Waals surface area contributed by atoms with Gasteiger partial charge in [0.05, 0.1) is 0 Å². The molecule has 0 aliphatic carbocycles. The van der Waals surface area contributed by atoms with Crippen LogP contribution in [0.1, 0.15) is 297 Å². The zero-order valence-corrected chi connectivity index (χ0v) is 40.2. The molecule has 0 aliphatic heterocycles. The fourth-order valence-corrected chi connectivity index (χ4v) is 8.01. The standard InChI is InChI=1S/C53H102O6/c1-5-8-10-12-13-14-15-16-24-28-31-34-38-42-46-53(56)59-50(47-57-51(54)44-40-35-11-9-6-2)48-58-52(55)45-41-37-33-30-27-25-22-20-18-17-19-21-23-26-29-32-36-39-43-49(4)7-3/h49-50H,5-48H2,1-4H3/t49?,50-/m0/s1. The summed E-state index contributed by atoms with van der Waals surface area (Å²) in [5.41, 5.74) is 0. The Balaban J connectivity index is 4.04. The van der Waals surface area contributed by atoms with Gasteiger partial charge in [0.25, 0.3) is 0 Å². The molecule has 0 aromatic rings. The van der Waals surface area contributed by atoms with E-state index in [4.69, 9.17) is 14.2 Å². The third-order valence-electron chi connectivity index (χ3n) is 12.4. The van der Waals surface area contributed by atoms with Gasteiger partial charge in [-0.3, -0.25) is 14.4 Å². The van der Waals surface area contributed by atoms with Crippen molar-refractivity contribution in [2.75, 3.05) is 13.2 Å². The maximum atomic E-state index is 12.7. The largest absolute Gasteiger partial charge is 0.462 e. The second kappa shape index (κ2) is 47.5. The molecule has 0 rings (SSSR count). The first-order valence-corrected chi connectivity index (χ1v) is 26.4. The molecule has 0 saturated heterocycles. The Hall–Kier alpha value is -1.59. The summed E-state index contributed by atoms with van der Waals surface area (Å²) in [5.74, 6) is 0.0515. The number of ether oxygens (including phenoxy) is 3. The van der Waals surface area contributed by atoms with Crippen LogP contribution < -0.4 is 0 Å². The van der Waals surface area contributed by atoms with Gasteiger partial charge in [-0.15, -0.1) is 0 Å². The highest BCUT2D eigenvalue weighted by Gasteiger charge is 2.19. The topological polar surface area (TPSA) is 78.9 Å². The molecule has 59 heavy (non-hydrogen) atoms. The number of esters is 3. The lowest BCUT2D eigenvalue weighted by Crippen LogP contribution is -2.30. The van der Waals surface area contributed by atoms with Gasteiger partial charge >= 0.3 is 17.9 Å². The van der Waals surface area contributed by atoms with E-state index in [1.165, 1.54) is 186 Å². The van der Waals surface area contributed by atoms with Crippen molar-refractivity contribution in [3.05, 3.63) is 0 Å². The van der Waals surface area contributed by atoms with Crippen LogP contribution >= 0.6 is 0 Å². The van der Waals surface area contributed by atoms with Gasteiger partial charge in [-0.1, -0.05) is 259 Å². The minimum Gasteiger partial charge on any atom is -0.462 e. The Morgan fingerprint density at radius 3 is 0.881 bits per heavy atom. The van der Waals surface area contributed by atoms with Gasteiger partial charge in [0.2, 0.25) is 0 Å². The van der Waals surface area contributed by atoms with Crippen LogP contribution in [0.2, 0.25) is 0 Å². The second-order valence-electron chi connectivity index (χ2n) is 18.4. The lowest BCUT2D eigenvalue weighted by molar-refractivity contribution is -0.167. The van der Waals surface area contributed by atoms with Crippen molar-refractivity contribution in [2.24, 2.45) is 5.92 Å². The van der Waals surface area contributed by atoms with Crippen LogP contribution in [0.15, 0.2) is 0 Å². The number of hydrogen-bond donors (Lipinski definition) is 0. The summed E-state index contributed by atoms with van der Waals surface area (Å²) in [6, 6.07) is 0. The average molecular weight is 835 g/mol. The number of carbonyl (C=O) groups is 3. The normalized spacial score (nSPS) is 12.4. The third kappa shape index (κ3) is 45.8. The lowest BCUT2D eigenvalue weighted by Gasteiger charge is -2.18. The summed E-state index contributed by atoms with van der Waals surface area (Å²) in [6.45, 7) is 9.00. The van der Waals surface area contributed by atoms with Gasteiger partial charge in [-0.25, -0.2) is 0 Å². The van der Waals surface area contributed by atoms with Crippen LogP contribution in [-0.2, 0) is 28.6 Å². The summed E-state index contributed by atoms with van der Waals surface area (Å²) >= 11 is 0. The Morgan fingerprint density at radius 1 is 0.339 bits per heavy atom. The highest BCUT2D eigenvalue weighted by molar-refractivity contribution is 5.71. The maximum absolute atomic E-state index is 12.7. The fraction of sp³-hybridized carbons (Fsp3) is 0.943. The summed E-state index contributed by atoms with van der Waals surface area (Å²) in [4.78, 5) is 37.6. The van der Waals surface area contributed by atoms with E-state index < -0.39 is 6.10 Å². The zero-order chi connectivity index (χ0) is 43.1. The predicted octanol–water partition coefficient (Wildman–Crippen LogP) is 17.1. The van der Waals surface area contributed by atoms with Gasteiger partial charge in [0, 0.05) is 19.3 Å². The first-order chi connectivity index (χ1) is 28.9. The Kier molecular flexibility index (Phi) is 46.2. The number of carbonyl (C=O) groups excluding carboxylic acids is 3. The SMILES string of the molecule is CCCCCCCCCCCCCCCCC(=O)O[C@@H](COC(=O)CCCCCCC)COC(=O)CCCCCCCCCCCCCCCCCCCCC(C)CC. The van der Waals surface area contributed by atoms with Crippen molar-refractivity contribution in [3.8, 4) is 0 Å². The highest BCUT2D eigenvalue weighted by Crippen LogP contribution is 2.18. The van der Waals surface area contributed by atoms with Gasteiger partial charge < -0.3 is 14.2 Å². The van der Waals surface area contributed by atoms with E-state index in [9.17, 15) is 14.4 Å². The average Bonchev–Trinajstić information content (AvgIpc) is 3.23. The molecule has 0 radical (unpaired) electrons. The lowest BCUT2D eigenvalue weighted by atomic mass is 9.99. The van der Waals surface area contributed by atoms with Crippen molar-refractivity contribution < 1.29 is 28.6 Å². The molecule has 0 fully saturated rings. The molecule has 0 bridgehead atoms. The van der Waals surface area contributed by atoms with E-state index in [1.807, 2.05) is 0 Å². The van der Waals surface area contributed by atoms with E-state index >= 15 is 0 Å². The van der Waals surface area contributed by atoms with Crippen molar-refractivity contribution in [1.82, 2.24) is 0 Å². The molecule has 0 N–H and O–H groups in total. The van der Waals surface area contributed by atoms with Crippen LogP contribution in [0, 0.1) is 5.92 Å². The molecule has 350 valence electrons. The quantitative estimate of drug-likeness (QED) is 0.0345. The van der Waals surface area contributed by atoms with Crippen molar-refractivity contribution in [1.29, 1.82) is 0 Å². The molecule has 0 aromatic heterocycles. The Labute approximate surface area is 368 Å². The van der Waals surface area contributed by atoms with Gasteiger partial charge in [0.1, 0.15) is 13.2 Å². The second-order valence-corrected chi connectivity index (χ2v) is 18.4. The predicted molar refractivity (Wildman–Crippen MR) is 252 cm³/mol. The molecule has 6 heteroatoms. The maximum Gasteiger partial charge on any atom is 0.306 e. The summed E-state index contributed by atoms with van der Waals surface area (Å²) in [7, 11) is 0. The Bertz CT molecular complexity index is 889. The van der Waals surface area contributed by atoms with E-state index in [0.717, 1.165) is 70.1 Å². The first kappa shape index (κ1) is 57.4. The molecule has 0 amide bonds. The molecule has 2 atom stereocenters. The van der Waals surface area contributed by atoms with Crippen molar-refractivity contribution >= 4 is 17.9 Å². The number of rotatable bonds is 48. The molecule has 1 unspecified atom stereocenters. The van der Waals surface area contributed by atoms with E-state index in [0.29, 0.717) is 19.3 Å². The van der Waals surface area contributed by atoms with E-state index in [1.54, 1.807) is 0 Å². The highest BCUT2D eigenvalue weighted by atomic mass is 16.6.